The first-order valence-electron chi connectivity index (χ1n) is 7.53. The molecule has 17 heavy (non-hydrogen) atoms. The summed E-state index contributed by atoms with van der Waals surface area (Å²) in [5, 5.41) is 3.55. The fourth-order valence-electron chi connectivity index (χ4n) is 2.42. The van der Waals surface area contributed by atoms with Crippen molar-refractivity contribution in [2.24, 2.45) is 5.41 Å². The van der Waals surface area contributed by atoms with Crippen LogP contribution in [0.3, 0.4) is 0 Å². The molecule has 0 aromatic carbocycles. The number of hydrogen-bond donors (Lipinski definition) is 1. The fraction of sp³-hybridized carbons (Fsp3) is 1.00. The molecule has 0 fully saturated rings. The normalized spacial score (nSPS) is 14.8. The minimum Gasteiger partial charge on any atom is -0.382 e. The van der Waals surface area contributed by atoms with Gasteiger partial charge in [0.1, 0.15) is 0 Å². The molecule has 0 radical (unpaired) electrons. The smallest absolute Gasteiger partial charge is 0.0466 e. The van der Waals surface area contributed by atoms with Gasteiger partial charge < -0.3 is 10.1 Å². The first kappa shape index (κ1) is 16.9. The number of ether oxygens (including phenoxy) is 1. The molecule has 0 saturated heterocycles. The van der Waals surface area contributed by atoms with Crippen LogP contribution < -0.4 is 5.32 Å². The summed E-state index contributed by atoms with van der Waals surface area (Å²) in [5.41, 5.74) is 0.503. The summed E-state index contributed by atoms with van der Waals surface area (Å²) in [4.78, 5) is 0. The van der Waals surface area contributed by atoms with Crippen molar-refractivity contribution in [2.45, 2.75) is 66.2 Å². The van der Waals surface area contributed by atoms with E-state index in [1.807, 2.05) is 0 Å². The second kappa shape index (κ2) is 11.0. The molecule has 0 aromatic rings. The van der Waals surface area contributed by atoms with Crippen LogP contribution in [0, 0.1) is 5.41 Å². The SMILES string of the molecule is CCCCC(CC)(CCCOCC)CNCC. The Morgan fingerprint density at radius 2 is 1.71 bits per heavy atom. The third-order valence-corrected chi connectivity index (χ3v) is 3.76. The molecular weight excluding hydrogens is 210 g/mol. The Morgan fingerprint density at radius 1 is 1.00 bits per heavy atom. The summed E-state index contributed by atoms with van der Waals surface area (Å²) in [6.45, 7) is 12.9. The molecule has 0 aromatic heterocycles. The lowest BCUT2D eigenvalue weighted by atomic mass is 9.76. The number of hydrogen-bond acceptors (Lipinski definition) is 2. The van der Waals surface area contributed by atoms with Gasteiger partial charge in [-0.05, 0) is 44.6 Å². The number of unbranched alkanes of at least 4 members (excludes halogenated alkanes) is 1. The molecule has 1 N–H and O–H groups in total. The minimum absolute atomic E-state index is 0.503. The van der Waals surface area contributed by atoms with Crippen LogP contribution in [0.25, 0.3) is 0 Å². The van der Waals surface area contributed by atoms with E-state index in [-0.39, 0.29) is 0 Å². The highest BCUT2D eigenvalue weighted by molar-refractivity contribution is 4.80. The van der Waals surface area contributed by atoms with Crippen molar-refractivity contribution in [3.8, 4) is 0 Å². The van der Waals surface area contributed by atoms with E-state index in [9.17, 15) is 0 Å². The number of nitrogens with one attached hydrogen (secondary N) is 1. The van der Waals surface area contributed by atoms with Gasteiger partial charge in [0.2, 0.25) is 0 Å². The van der Waals surface area contributed by atoms with E-state index in [0.29, 0.717) is 5.41 Å². The van der Waals surface area contributed by atoms with Crippen LogP contribution in [0.15, 0.2) is 0 Å². The molecule has 0 bridgehead atoms. The molecule has 0 aliphatic rings. The predicted molar refractivity (Wildman–Crippen MR) is 76.5 cm³/mol. The van der Waals surface area contributed by atoms with Gasteiger partial charge in [-0.25, -0.2) is 0 Å². The van der Waals surface area contributed by atoms with Crippen molar-refractivity contribution in [1.82, 2.24) is 5.32 Å². The fourth-order valence-corrected chi connectivity index (χ4v) is 2.42. The molecule has 0 saturated carbocycles. The lowest BCUT2D eigenvalue weighted by molar-refractivity contribution is 0.120. The predicted octanol–water partition coefficient (Wildman–Crippen LogP) is 4.00. The maximum absolute atomic E-state index is 5.46. The maximum atomic E-state index is 5.46. The highest BCUT2D eigenvalue weighted by Crippen LogP contribution is 2.33. The molecule has 2 heteroatoms. The van der Waals surface area contributed by atoms with E-state index in [1.165, 1.54) is 45.1 Å². The Balaban J connectivity index is 4.12. The van der Waals surface area contributed by atoms with Gasteiger partial charge >= 0.3 is 0 Å². The second-order valence-corrected chi connectivity index (χ2v) is 5.04. The van der Waals surface area contributed by atoms with Crippen LogP contribution in [-0.4, -0.2) is 26.3 Å². The summed E-state index contributed by atoms with van der Waals surface area (Å²) in [7, 11) is 0. The van der Waals surface area contributed by atoms with E-state index >= 15 is 0 Å². The van der Waals surface area contributed by atoms with Crippen molar-refractivity contribution in [3.63, 3.8) is 0 Å². The molecule has 1 unspecified atom stereocenters. The first-order valence-corrected chi connectivity index (χ1v) is 7.53. The van der Waals surface area contributed by atoms with Crippen molar-refractivity contribution in [2.75, 3.05) is 26.3 Å². The monoisotopic (exact) mass is 243 g/mol. The third kappa shape index (κ3) is 7.77. The molecule has 0 heterocycles. The van der Waals surface area contributed by atoms with Crippen LogP contribution in [0.5, 0.6) is 0 Å². The average molecular weight is 243 g/mol. The van der Waals surface area contributed by atoms with Crippen LogP contribution in [0.4, 0.5) is 0 Å². The zero-order valence-corrected chi connectivity index (χ0v) is 12.5. The van der Waals surface area contributed by atoms with Crippen molar-refractivity contribution in [1.29, 1.82) is 0 Å². The lowest BCUT2D eigenvalue weighted by Gasteiger charge is -2.33. The summed E-state index contributed by atoms with van der Waals surface area (Å²) >= 11 is 0. The van der Waals surface area contributed by atoms with Gasteiger partial charge in [-0.3, -0.25) is 0 Å². The molecular formula is C15H33NO. The largest absolute Gasteiger partial charge is 0.382 e. The van der Waals surface area contributed by atoms with Gasteiger partial charge in [0.05, 0.1) is 0 Å². The minimum atomic E-state index is 0.503. The Morgan fingerprint density at radius 3 is 2.24 bits per heavy atom. The third-order valence-electron chi connectivity index (χ3n) is 3.76. The Bertz CT molecular complexity index is 151. The van der Waals surface area contributed by atoms with Gasteiger partial charge in [-0.2, -0.15) is 0 Å². The van der Waals surface area contributed by atoms with Crippen LogP contribution >= 0.6 is 0 Å². The summed E-state index contributed by atoms with van der Waals surface area (Å²) in [5.74, 6) is 0. The molecule has 2 nitrogen and oxygen atoms in total. The van der Waals surface area contributed by atoms with Crippen LogP contribution in [0.2, 0.25) is 0 Å². The average Bonchev–Trinajstić information content (AvgIpc) is 2.37. The quantitative estimate of drug-likeness (QED) is 0.523. The molecule has 0 aliphatic heterocycles. The van der Waals surface area contributed by atoms with Crippen LogP contribution in [-0.2, 0) is 4.74 Å². The number of rotatable bonds is 12. The molecule has 0 spiro atoms. The molecule has 0 aliphatic carbocycles. The summed E-state index contributed by atoms with van der Waals surface area (Å²) in [6, 6.07) is 0. The second-order valence-electron chi connectivity index (χ2n) is 5.04. The van der Waals surface area contributed by atoms with E-state index in [2.05, 4.69) is 33.0 Å². The zero-order valence-electron chi connectivity index (χ0n) is 12.5. The Labute approximate surface area is 109 Å². The van der Waals surface area contributed by atoms with E-state index in [4.69, 9.17) is 4.74 Å². The maximum Gasteiger partial charge on any atom is 0.0466 e. The van der Waals surface area contributed by atoms with Gasteiger partial charge in [0.25, 0.3) is 0 Å². The molecule has 104 valence electrons. The Hall–Kier alpha value is -0.0800. The molecule has 0 amide bonds. The molecule has 1 atom stereocenters. The summed E-state index contributed by atoms with van der Waals surface area (Å²) in [6.07, 6.45) is 7.81. The lowest BCUT2D eigenvalue weighted by Crippen LogP contribution is -2.34. The summed E-state index contributed by atoms with van der Waals surface area (Å²) < 4.78 is 5.46. The van der Waals surface area contributed by atoms with Crippen molar-refractivity contribution < 1.29 is 4.74 Å². The van der Waals surface area contributed by atoms with Gasteiger partial charge in [-0.15, -0.1) is 0 Å². The van der Waals surface area contributed by atoms with Crippen molar-refractivity contribution >= 4 is 0 Å². The molecule has 0 rings (SSSR count). The van der Waals surface area contributed by atoms with Crippen LogP contribution in [0.1, 0.15) is 66.2 Å². The van der Waals surface area contributed by atoms with E-state index in [1.54, 1.807) is 0 Å². The first-order chi connectivity index (χ1) is 8.24. The Kier molecular flexibility index (Phi) is 11.0. The van der Waals surface area contributed by atoms with Gasteiger partial charge in [0.15, 0.2) is 0 Å². The van der Waals surface area contributed by atoms with Gasteiger partial charge in [-0.1, -0.05) is 33.6 Å². The van der Waals surface area contributed by atoms with Crippen molar-refractivity contribution in [3.05, 3.63) is 0 Å². The van der Waals surface area contributed by atoms with E-state index < -0.39 is 0 Å². The highest BCUT2D eigenvalue weighted by Gasteiger charge is 2.26. The zero-order chi connectivity index (χ0) is 13.0. The highest BCUT2D eigenvalue weighted by atomic mass is 16.5. The topological polar surface area (TPSA) is 21.3 Å². The van der Waals surface area contributed by atoms with Gasteiger partial charge in [0, 0.05) is 19.8 Å². The van der Waals surface area contributed by atoms with E-state index in [0.717, 1.165) is 19.8 Å². The standard InChI is InChI=1S/C15H33NO/c1-5-9-11-15(6-2,14-16-7-3)12-10-13-17-8-4/h16H,5-14H2,1-4H3.